The molecule has 0 bridgehead atoms. The zero-order chi connectivity index (χ0) is 18.4. The number of fused-ring (bicyclic) bond motifs is 1. The predicted octanol–water partition coefficient (Wildman–Crippen LogP) is 0.732. The summed E-state index contributed by atoms with van der Waals surface area (Å²) in [5.41, 5.74) is 0. The third kappa shape index (κ3) is 4.07. The van der Waals surface area contributed by atoms with Crippen molar-refractivity contribution in [2.45, 2.75) is 70.0 Å². The van der Waals surface area contributed by atoms with Gasteiger partial charge in [-0.15, -0.1) is 0 Å². The number of ether oxygens (including phenoxy) is 7. The van der Waals surface area contributed by atoms with Gasteiger partial charge < -0.3 is 33.2 Å². The molecule has 4 saturated heterocycles. The highest BCUT2D eigenvalue weighted by Gasteiger charge is 2.59. The Labute approximate surface area is 154 Å². The molecule has 150 valence electrons. The third-order valence-corrected chi connectivity index (χ3v) is 5.24. The molecule has 0 N–H and O–H groups in total. The Hall–Kier alpha value is -0.320. The van der Waals surface area contributed by atoms with E-state index in [-0.39, 0.29) is 24.4 Å². The largest absolute Gasteiger partial charge is 0.379 e. The van der Waals surface area contributed by atoms with Crippen LogP contribution >= 0.6 is 0 Å². The Morgan fingerprint density at radius 2 is 1.65 bits per heavy atom. The highest BCUT2D eigenvalue weighted by Crippen LogP contribution is 2.42. The monoisotopic (exact) mass is 373 g/mol. The van der Waals surface area contributed by atoms with Gasteiger partial charge in [0.25, 0.3) is 0 Å². The molecular formula is C18H31NO7. The Morgan fingerprint density at radius 3 is 2.35 bits per heavy atom. The maximum absolute atomic E-state index is 6.17. The van der Waals surface area contributed by atoms with Gasteiger partial charge in [0.05, 0.1) is 26.4 Å². The van der Waals surface area contributed by atoms with E-state index in [1.54, 1.807) is 0 Å². The van der Waals surface area contributed by atoms with E-state index in [9.17, 15) is 0 Å². The molecule has 0 spiro atoms. The minimum absolute atomic E-state index is 0.192. The molecule has 0 aliphatic carbocycles. The summed E-state index contributed by atoms with van der Waals surface area (Å²) >= 11 is 0. The maximum Gasteiger partial charge on any atom is 0.187 e. The van der Waals surface area contributed by atoms with Crippen molar-refractivity contribution >= 4 is 0 Å². The molecule has 0 radical (unpaired) electrons. The summed E-state index contributed by atoms with van der Waals surface area (Å²) in [5, 5.41) is 0. The van der Waals surface area contributed by atoms with Crippen LogP contribution in [-0.2, 0) is 33.2 Å². The zero-order valence-corrected chi connectivity index (χ0v) is 16.1. The van der Waals surface area contributed by atoms with Gasteiger partial charge in [-0.05, 0) is 27.7 Å². The first-order valence-electron chi connectivity index (χ1n) is 9.58. The molecule has 4 aliphatic heterocycles. The summed E-state index contributed by atoms with van der Waals surface area (Å²) in [4.78, 5) is 2.33. The van der Waals surface area contributed by atoms with E-state index in [2.05, 4.69) is 4.90 Å². The van der Waals surface area contributed by atoms with Crippen LogP contribution in [0.4, 0.5) is 0 Å². The molecule has 4 aliphatic rings. The molecule has 26 heavy (non-hydrogen) atoms. The van der Waals surface area contributed by atoms with Crippen molar-refractivity contribution in [3.8, 4) is 0 Å². The number of nitrogens with zero attached hydrogens (tertiary/aromatic N) is 1. The molecule has 0 aromatic rings. The van der Waals surface area contributed by atoms with Crippen LogP contribution in [0, 0.1) is 0 Å². The van der Waals surface area contributed by atoms with Crippen molar-refractivity contribution in [1.29, 1.82) is 0 Å². The lowest BCUT2D eigenvalue weighted by Gasteiger charge is -2.28. The molecule has 0 aromatic heterocycles. The first kappa shape index (κ1) is 19.0. The Balaban J connectivity index is 1.36. The van der Waals surface area contributed by atoms with E-state index in [1.807, 2.05) is 27.7 Å². The lowest BCUT2D eigenvalue weighted by atomic mass is 10.1. The van der Waals surface area contributed by atoms with Crippen LogP contribution in [0.15, 0.2) is 0 Å². The van der Waals surface area contributed by atoms with Gasteiger partial charge in [-0.25, -0.2) is 0 Å². The molecule has 4 rings (SSSR count). The second-order valence-corrected chi connectivity index (χ2v) is 8.23. The lowest BCUT2D eigenvalue weighted by Crippen LogP contribution is -2.40. The lowest BCUT2D eigenvalue weighted by molar-refractivity contribution is -0.248. The van der Waals surface area contributed by atoms with E-state index < -0.39 is 17.9 Å². The summed E-state index contributed by atoms with van der Waals surface area (Å²) in [5.74, 6) is -1.26. The van der Waals surface area contributed by atoms with Crippen LogP contribution in [0.25, 0.3) is 0 Å². The number of hydrogen-bond donors (Lipinski definition) is 0. The summed E-state index contributed by atoms with van der Waals surface area (Å²) < 4.78 is 41.5. The summed E-state index contributed by atoms with van der Waals surface area (Å²) in [7, 11) is 0. The van der Waals surface area contributed by atoms with Gasteiger partial charge in [0.1, 0.15) is 24.4 Å². The summed E-state index contributed by atoms with van der Waals surface area (Å²) in [6.45, 7) is 13.0. The minimum atomic E-state index is -0.655. The van der Waals surface area contributed by atoms with Crippen molar-refractivity contribution in [1.82, 2.24) is 4.90 Å². The third-order valence-electron chi connectivity index (χ3n) is 5.24. The molecule has 0 unspecified atom stereocenters. The van der Waals surface area contributed by atoms with Crippen molar-refractivity contribution in [3.05, 3.63) is 0 Å². The average Bonchev–Trinajstić information content (AvgIpc) is 3.19. The van der Waals surface area contributed by atoms with Crippen LogP contribution in [0.5, 0.6) is 0 Å². The fourth-order valence-electron chi connectivity index (χ4n) is 4.02. The first-order valence-corrected chi connectivity index (χ1v) is 9.58. The maximum atomic E-state index is 6.17. The molecule has 4 heterocycles. The molecular weight excluding hydrogens is 342 g/mol. The van der Waals surface area contributed by atoms with Crippen LogP contribution in [0.3, 0.4) is 0 Å². The van der Waals surface area contributed by atoms with E-state index in [4.69, 9.17) is 33.2 Å². The molecule has 0 saturated carbocycles. The molecule has 8 nitrogen and oxygen atoms in total. The Morgan fingerprint density at radius 1 is 0.923 bits per heavy atom. The van der Waals surface area contributed by atoms with Crippen molar-refractivity contribution < 1.29 is 33.2 Å². The molecule has 4 fully saturated rings. The van der Waals surface area contributed by atoms with Gasteiger partial charge in [-0.3, -0.25) is 4.90 Å². The van der Waals surface area contributed by atoms with Crippen molar-refractivity contribution in [2.75, 3.05) is 46.1 Å². The topological polar surface area (TPSA) is 67.9 Å². The van der Waals surface area contributed by atoms with E-state index in [0.29, 0.717) is 13.2 Å². The van der Waals surface area contributed by atoms with Gasteiger partial charge in [0, 0.05) is 19.6 Å². The van der Waals surface area contributed by atoms with Gasteiger partial charge in [-0.1, -0.05) is 0 Å². The highest BCUT2D eigenvalue weighted by atomic mass is 16.8. The van der Waals surface area contributed by atoms with Crippen LogP contribution in [-0.4, -0.2) is 93.2 Å². The standard InChI is InChI=1S/C18H31NO7/c1-17(2)22-11-12(24-17)13-14-15(26-18(3,4)25-14)16(23-13)21-10-7-19-5-8-20-9-6-19/h12-16H,5-11H2,1-4H3/t12-,13-,14+,15+,16+/m1/s1. The van der Waals surface area contributed by atoms with Gasteiger partial charge in [-0.2, -0.15) is 0 Å². The Kier molecular flexibility index (Phi) is 5.31. The molecule has 0 aromatic carbocycles. The van der Waals surface area contributed by atoms with Gasteiger partial charge in [0.15, 0.2) is 17.9 Å². The number of rotatable bonds is 5. The SMILES string of the molecule is CC1(C)O[C@@H]2[C@H](O1)[C@@H](OCCN1CCOCC1)O[C@@H]2[C@H]1COC(C)(C)O1. The smallest absolute Gasteiger partial charge is 0.187 e. The second kappa shape index (κ2) is 7.25. The quantitative estimate of drug-likeness (QED) is 0.699. The normalized spacial score (nSPS) is 42.2. The molecule has 8 heteroatoms. The van der Waals surface area contributed by atoms with Crippen LogP contribution in [0.2, 0.25) is 0 Å². The van der Waals surface area contributed by atoms with E-state index in [0.717, 1.165) is 32.8 Å². The van der Waals surface area contributed by atoms with Crippen molar-refractivity contribution in [3.63, 3.8) is 0 Å². The average molecular weight is 373 g/mol. The number of hydrogen-bond acceptors (Lipinski definition) is 8. The van der Waals surface area contributed by atoms with E-state index >= 15 is 0 Å². The van der Waals surface area contributed by atoms with E-state index in [1.165, 1.54) is 0 Å². The fourth-order valence-corrected chi connectivity index (χ4v) is 4.02. The molecule has 0 amide bonds. The predicted molar refractivity (Wildman–Crippen MR) is 90.6 cm³/mol. The second-order valence-electron chi connectivity index (χ2n) is 8.23. The summed E-state index contributed by atoms with van der Waals surface area (Å²) in [6.07, 6.45) is -1.40. The van der Waals surface area contributed by atoms with Crippen LogP contribution < -0.4 is 0 Å². The summed E-state index contributed by atoms with van der Waals surface area (Å²) in [6, 6.07) is 0. The zero-order valence-electron chi connectivity index (χ0n) is 16.1. The highest BCUT2D eigenvalue weighted by molar-refractivity contribution is 4.99. The fraction of sp³-hybridized carbons (Fsp3) is 1.00. The Bertz CT molecular complexity index is 494. The van der Waals surface area contributed by atoms with Crippen molar-refractivity contribution in [2.24, 2.45) is 0 Å². The van der Waals surface area contributed by atoms with Gasteiger partial charge >= 0.3 is 0 Å². The van der Waals surface area contributed by atoms with Gasteiger partial charge in [0.2, 0.25) is 0 Å². The molecule has 5 atom stereocenters. The van der Waals surface area contributed by atoms with Crippen LogP contribution in [0.1, 0.15) is 27.7 Å². The first-order chi connectivity index (χ1) is 12.3. The number of morpholine rings is 1. The minimum Gasteiger partial charge on any atom is -0.379 e.